The van der Waals surface area contributed by atoms with E-state index in [9.17, 15) is 8.42 Å². The van der Waals surface area contributed by atoms with E-state index in [1.807, 2.05) is 24.3 Å². The maximum Gasteiger partial charge on any atom is 0.218 e. The van der Waals surface area contributed by atoms with E-state index in [0.717, 1.165) is 17.7 Å². The first-order valence-electron chi connectivity index (χ1n) is 7.85. The van der Waals surface area contributed by atoms with E-state index in [-0.39, 0.29) is 11.7 Å². The number of sulfonamides is 1. The van der Waals surface area contributed by atoms with Crippen molar-refractivity contribution in [3.8, 4) is 5.75 Å². The molecular weight excluding hydrogens is 346 g/mol. The average molecular weight is 366 g/mol. The van der Waals surface area contributed by atoms with Crippen molar-refractivity contribution in [3.63, 3.8) is 0 Å². The standard InChI is InChI=1S/C18H20ClNO3S/c1-23-17-8-6-14(7-9-17)15-10-11-20(12-15)24(21,22)13-16-4-2-3-5-18(16)19/h2-9,15H,10-13H2,1H3. The van der Waals surface area contributed by atoms with E-state index in [2.05, 4.69) is 0 Å². The van der Waals surface area contributed by atoms with Crippen LogP contribution in [0.15, 0.2) is 48.5 Å². The van der Waals surface area contributed by atoms with Gasteiger partial charge in [0.15, 0.2) is 0 Å². The fourth-order valence-corrected chi connectivity index (χ4v) is 4.93. The monoisotopic (exact) mass is 365 g/mol. The van der Waals surface area contributed by atoms with E-state index in [1.54, 1.807) is 35.7 Å². The predicted molar refractivity (Wildman–Crippen MR) is 96.0 cm³/mol. The molecule has 0 radical (unpaired) electrons. The highest BCUT2D eigenvalue weighted by atomic mass is 35.5. The van der Waals surface area contributed by atoms with Gasteiger partial charge in [0.1, 0.15) is 5.75 Å². The van der Waals surface area contributed by atoms with Crippen LogP contribution in [0.25, 0.3) is 0 Å². The third-order valence-electron chi connectivity index (χ3n) is 4.43. The Balaban J connectivity index is 1.71. The summed E-state index contributed by atoms with van der Waals surface area (Å²) in [7, 11) is -1.73. The first-order valence-corrected chi connectivity index (χ1v) is 9.83. The Hall–Kier alpha value is -1.56. The molecule has 1 aliphatic rings. The second-order valence-electron chi connectivity index (χ2n) is 5.96. The molecule has 0 aromatic heterocycles. The first kappa shape index (κ1) is 17.3. The molecule has 1 aliphatic heterocycles. The zero-order chi connectivity index (χ0) is 17.2. The molecule has 128 valence electrons. The smallest absolute Gasteiger partial charge is 0.218 e. The van der Waals surface area contributed by atoms with Gasteiger partial charge in [-0.05, 0) is 41.7 Å². The Labute approximate surface area is 148 Å². The van der Waals surface area contributed by atoms with E-state index < -0.39 is 10.0 Å². The highest BCUT2D eigenvalue weighted by molar-refractivity contribution is 7.88. The molecule has 2 aromatic carbocycles. The molecule has 3 rings (SSSR count). The number of benzene rings is 2. The van der Waals surface area contributed by atoms with Crippen LogP contribution >= 0.6 is 11.6 Å². The van der Waals surface area contributed by atoms with Crippen LogP contribution in [0.3, 0.4) is 0 Å². The summed E-state index contributed by atoms with van der Waals surface area (Å²) in [5, 5.41) is 0.493. The summed E-state index contributed by atoms with van der Waals surface area (Å²) < 4.78 is 32.1. The fraction of sp³-hybridized carbons (Fsp3) is 0.333. The summed E-state index contributed by atoms with van der Waals surface area (Å²) in [4.78, 5) is 0. The number of methoxy groups -OCH3 is 1. The molecule has 0 N–H and O–H groups in total. The lowest BCUT2D eigenvalue weighted by Crippen LogP contribution is -2.29. The van der Waals surface area contributed by atoms with Crippen LogP contribution in [-0.4, -0.2) is 32.9 Å². The molecule has 24 heavy (non-hydrogen) atoms. The van der Waals surface area contributed by atoms with Crippen LogP contribution < -0.4 is 4.74 Å². The Morgan fingerprint density at radius 1 is 1.17 bits per heavy atom. The minimum absolute atomic E-state index is 0.0536. The van der Waals surface area contributed by atoms with Gasteiger partial charge in [-0.2, -0.15) is 0 Å². The third-order valence-corrected chi connectivity index (χ3v) is 6.59. The zero-order valence-electron chi connectivity index (χ0n) is 13.5. The Morgan fingerprint density at radius 3 is 2.54 bits per heavy atom. The van der Waals surface area contributed by atoms with Gasteiger partial charge in [0.05, 0.1) is 12.9 Å². The number of hydrogen-bond donors (Lipinski definition) is 0. The lowest BCUT2D eigenvalue weighted by Gasteiger charge is -2.17. The number of halogens is 1. The molecule has 6 heteroatoms. The topological polar surface area (TPSA) is 46.6 Å². The van der Waals surface area contributed by atoms with Crippen molar-refractivity contribution in [3.05, 3.63) is 64.7 Å². The van der Waals surface area contributed by atoms with Gasteiger partial charge in [0, 0.05) is 18.1 Å². The molecule has 1 heterocycles. The molecule has 1 unspecified atom stereocenters. The quantitative estimate of drug-likeness (QED) is 0.812. The van der Waals surface area contributed by atoms with Crippen LogP contribution in [0, 0.1) is 0 Å². The summed E-state index contributed by atoms with van der Waals surface area (Å²) in [5.41, 5.74) is 1.79. The molecule has 0 spiro atoms. The Bertz CT molecular complexity index is 805. The molecule has 4 nitrogen and oxygen atoms in total. The molecule has 1 atom stereocenters. The van der Waals surface area contributed by atoms with E-state index >= 15 is 0 Å². The molecule has 1 fully saturated rings. The summed E-state index contributed by atoms with van der Waals surface area (Å²) in [6, 6.07) is 14.9. The van der Waals surface area contributed by atoms with E-state index in [0.29, 0.717) is 23.7 Å². The van der Waals surface area contributed by atoms with Gasteiger partial charge >= 0.3 is 0 Å². The minimum atomic E-state index is -3.37. The average Bonchev–Trinajstić information content (AvgIpc) is 3.08. The maximum atomic E-state index is 12.7. The number of rotatable bonds is 5. The van der Waals surface area contributed by atoms with Crippen molar-refractivity contribution < 1.29 is 13.2 Å². The predicted octanol–water partition coefficient (Wildman–Crippen LogP) is 3.67. The highest BCUT2D eigenvalue weighted by Crippen LogP contribution is 2.31. The van der Waals surface area contributed by atoms with E-state index in [4.69, 9.17) is 16.3 Å². The lowest BCUT2D eigenvalue weighted by atomic mass is 9.99. The van der Waals surface area contributed by atoms with Crippen molar-refractivity contribution in [2.24, 2.45) is 0 Å². The first-order chi connectivity index (χ1) is 11.5. The van der Waals surface area contributed by atoms with Gasteiger partial charge in [0.25, 0.3) is 0 Å². The normalized spacial score (nSPS) is 18.7. The number of hydrogen-bond acceptors (Lipinski definition) is 3. The molecule has 0 amide bonds. The number of ether oxygens (including phenoxy) is 1. The van der Waals surface area contributed by atoms with E-state index in [1.165, 1.54) is 0 Å². The SMILES string of the molecule is COc1ccc(C2CCN(S(=O)(=O)Cc3ccccc3Cl)C2)cc1. The van der Waals surface area contributed by atoms with Gasteiger partial charge in [-0.15, -0.1) is 0 Å². The summed E-state index contributed by atoms with van der Waals surface area (Å²) in [6.45, 7) is 1.06. The van der Waals surface area contributed by atoms with Crippen molar-refractivity contribution in [1.82, 2.24) is 4.31 Å². The summed E-state index contributed by atoms with van der Waals surface area (Å²) >= 11 is 6.10. The van der Waals surface area contributed by atoms with Gasteiger partial charge < -0.3 is 4.74 Å². The maximum absolute atomic E-state index is 12.7. The highest BCUT2D eigenvalue weighted by Gasteiger charge is 2.32. The van der Waals surface area contributed by atoms with Crippen LogP contribution in [0.1, 0.15) is 23.5 Å². The Kier molecular flexibility index (Phi) is 5.13. The molecule has 0 saturated carbocycles. The fourth-order valence-electron chi connectivity index (χ4n) is 3.03. The molecule has 2 aromatic rings. The minimum Gasteiger partial charge on any atom is -0.497 e. The third kappa shape index (κ3) is 3.74. The Morgan fingerprint density at radius 2 is 1.88 bits per heavy atom. The molecular formula is C18H20ClNO3S. The van der Waals surface area contributed by atoms with Gasteiger partial charge in [-0.25, -0.2) is 12.7 Å². The van der Waals surface area contributed by atoms with Crippen LogP contribution in [0.4, 0.5) is 0 Å². The van der Waals surface area contributed by atoms with Crippen molar-refractivity contribution in [2.75, 3.05) is 20.2 Å². The van der Waals surface area contributed by atoms with Crippen molar-refractivity contribution in [2.45, 2.75) is 18.1 Å². The van der Waals surface area contributed by atoms with Gasteiger partial charge in [-0.3, -0.25) is 0 Å². The van der Waals surface area contributed by atoms with Crippen molar-refractivity contribution >= 4 is 21.6 Å². The summed E-state index contributed by atoms with van der Waals surface area (Å²) in [6.07, 6.45) is 0.827. The van der Waals surface area contributed by atoms with Crippen molar-refractivity contribution in [1.29, 1.82) is 0 Å². The van der Waals surface area contributed by atoms with Crippen LogP contribution in [-0.2, 0) is 15.8 Å². The molecule has 0 aliphatic carbocycles. The second-order valence-corrected chi connectivity index (χ2v) is 8.34. The van der Waals surface area contributed by atoms with Crippen LogP contribution in [0.5, 0.6) is 5.75 Å². The summed E-state index contributed by atoms with van der Waals surface area (Å²) in [5.74, 6) is 0.971. The van der Waals surface area contributed by atoms with Gasteiger partial charge in [0.2, 0.25) is 10.0 Å². The lowest BCUT2D eigenvalue weighted by molar-refractivity contribution is 0.414. The zero-order valence-corrected chi connectivity index (χ0v) is 15.1. The molecule has 0 bridgehead atoms. The largest absolute Gasteiger partial charge is 0.497 e. The number of nitrogens with zero attached hydrogens (tertiary/aromatic N) is 1. The van der Waals surface area contributed by atoms with Crippen LogP contribution in [0.2, 0.25) is 5.02 Å². The second kappa shape index (κ2) is 7.13. The van der Waals surface area contributed by atoms with Gasteiger partial charge in [-0.1, -0.05) is 41.9 Å². The molecule has 1 saturated heterocycles.